The fourth-order valence-electron chi connectivity index (χ4n) is 4.05. The molecule has 0 spiro atoms. The van der Waals surface area contributed by atoms with Crippen molar-refractivity contribution in [1.29, 1.82) is 0 Å². The molecule has 9 heteroatoms. The first-order valence-electron chi connectivity index (χ1n) is 12.9. The normalized spacial score (nSPS) is 15.3. The Kier molecular flexibility index (Phi) is 16.0. The number of ether oxygens (including phenoxy) is 3. The lowest BCUT2D eigenvalue weighted by Crippen LogP contribution is -2.42. The van der Waals surface area contributed by atoms with Crippen molar-refractivity contribution in [2.45, 2.75) is 86.7 Å². The summed E-state index contributed by atoms with van der Waals surface area (Å²) >= 11 is 0. The Morgan fingerprint density at radius 2 is 1.54 bits per heavy atom. The molecule has 0 aromatic carbocycles. The smallest absolute Gasteiger partial charge is 0.311 e. The predicted octanol–water partition coefficient (Wildman–Crippen LogP) is 2.95. The maximum atomic E-state index is 13.4. The number of aliphatic hydroxyl groups excluding tert-OH is 2. The van der Waals surface area contributed by atoms with E-state index in [1.807, 2.05) is 27.7 Å². The quantitative estimate of drug-likeness (QED) is 0.156. The van der Waals surface area contributed by atoms with Gasteiger partial charge in [0.25, 0.3) is 0 Å². The molecule has 206 valence electrons. The van der Waals surface area contributed by atoms with Gasteiger partial charge in [-0.25, -0.2) is 0 Å². The number of rotatable bonds is 19. The van der Waals surface area contributed by atoms with Crippen LogP contribution >= 0.6 is 0 Å². The number of aliphatic hydroxyl groups is 2. The van der Waals surface area contributed by atoms with Crippen LogP contribution in [0, 0.1) is 16.7 Å². The van der Waals surface area contributed by atoms with E-state index in [1.165, 1.54) is 0 Å². The van der Waals surface area contributed by atoms with Crippen molar-refractivity contribution >= 4 is 17.9 Å². The maximum Gasteiger partial charge on any atom is 0.311 e. The minimum absolute atomic E-state index is 0.0803. The summed E-state index contributed by atoms with van der Waals surface area (Å²) < 4.78 is 16.2. The molecule has 0 heterocycles. The van der Waals surface area contributed by atoms with Crippen LogP contribution in [0.15, 0.2) is 0 Å². The van der Waals surface area contributed by atoms with Crippen molar-refractivity contribution < 1.29 is 38.8 Å². The molecule has 0 aliphatic heterocycles. The highest BCUT2D eigenvalue weighted by molar-refractivity contribution is 5.81. The SMILES string of the molecule is CCCCOC(=O)C(CC)CC(C)(CC(C)(C)C(=O)OCC(O)CO)C(=O)OCCN(CC)CC. The van der Waals surface area contributed by atoms with E-state index in [4.69, 9.17) is 19.3 Å². The highest BCUT2D eigenvalue weighted by atomic mass is 16.5. The Morgan fingerprint density at radius 1 is 0.914 bits per heavy atom. The van der Waals surface area contributed by atoms with Gasteiger partial charge >= 0.3 is 17.9 Å². The Bertz CT molecular complexity index is 635. The van der Waals surface area contributed by atoms with Crippen molar-refractivity contribution in [3.63, 3.8) is 0 Å². The molecule has 0 aliphatic carbocycles. The molecule has 2 N–H and O–H groups in total. The van der Waals surface area contributed by atoms with E-state index in [9.17, 15) is 19.5 Å². The summed E-state index contributed by atoms with van der Waals surface area (Å²) in [4.78, 5) is 41.0. The van der Waals surface area contributed by atoms with Crippen LogP contribution in [0.2, 0.25) is 0 Å². The van der Waals surface area contributed by atoms with Crippen LogP contribution in [0.3, 0.4) is 0 Å². The molecule has 0 aliphatic rings. The predicted molar refractivity (Wildman–Crippen MR) is 134 cm³/mol. The van der Waals surface area contributed by atoms with Gasteiger partial charge in [-0.3, -0.25) is 14.4 Å². The minimum atomic E-state index is -1.17. The lowest BCUT2D eigenvalue weighted by Gasteiger charge is -2.36. The van der Waals surface area contributed by atoms with E-state index in [1.54, 1.807) is 20.8 Å². The maximum absolute atomic E-state index is 13.4. The number of likely N-dealkylation sites (N-methyl/N-ethyl adjacent to an activating group) is 1. The second-order valence-corrected chi connectivity index (χ2v) is 10.0. The lowest BCUT2D eigenvalue weighted by atomic mass is 9.69. The molecule has 3 atom stereocenters. The number of esters is 3. The molecule has 0 amide bonds. The third kappa shape index (κ3) is 12.2. The number of hydrogen-bond acceptors (Lipinski definition) is 9. The Hall–Kier alpha value is -1.71. The molecule has 0 saturated heterocycles. The van der Waals surface area contributed by atoms with Crippen LogP contribution in [-0.2, 0) is 28.6 Å². The number of carbonyl (C=O) groups is 3. The zero-order valence-electron chi connectivity index (χ0n) is 22.9. The van der Waals surface area contributed by atoms with Crippen LogP contribution in [0.5, 0.6) is 0 Å². The van der Waals surface area contributed by atoms with Gasteiger partial charge in [-0.1, -0.05) is 34.1 Å². The molecule has 0 fully saturated rings. The van der Waals surface area contributed by atoms with Gasteiger partial charge in [0.05, 0.1) is 30.0 Å². The molecule has 0 aromatic rings. The average Bonchev–Trinajstić information content (AvgIpc) is 2.82. The summed E-state index contributed by atoms with van der Waals surface area (Å²) in [6.07, 6.45) is 1.24. The van der Waals surface area contributed by atoms with E-state index in [0.717, 1.165) is 25.9 Å². The third-order valence-electron chi connectivity index (χ3n) is 6.30. The Balaban J connectivity index is 5.65. The van der Waals surface area contributed by atoms with E-state index in [0.29, 0.717) is 19.6 Å². The zero-order chi connectivity index (χ0) is 27.1. The van der Waals surface area contributed by atoms with Crippen molar-refractivity contribution in [3.8, 4) is 0 Å². The second kappa shape index (κ2) is 16.9. The van der Waals surface area contributed by atoms with Gasteiger partial charge in [0.15, 0.2) is 0 Å². The van der Waals surface area contributed by atoms with Crippen LogP contribution in [-0.4, -0.2) is 85.2 Å². The molecule has 9 nitrogen and oxygen atoms in total. The van der Waals surface area contributed by atoms with E-state index >= 15 is 0 Å². The molecule has 0 aromatic heterocycles. The first-order chi connectivity index (χ1) is 16.4. The van der Waals surface area contributed by atoms with Gasteiger partial charge in [-0.05, 0) is 59.5 Å². The van der Waals surface area contributed by atoms with Crippen LogP contribution in [0.4, 0.5) is 0 Å². The minimum Gasteiger partial charge on any atom is -0.465 e. The molecule has 35 heavy (non-hydrogen) atoms. The van der Waals surface area contributed by atoms with Gasteiger partial charge < -0.3 is 29.3 Å². The summed E-state index contributed by atoms with van der Waals surface area (Å²) in [5, 5.41) is 18.5. The van der Waals surface area contributed by atoms with E-state index in [-0.39, 0.29) is 32.0 Å². The molecular formula is C26H49NO8. The second-order valence-electron chi connectivity index (χ2n) is 10.0. The van der Waals surface area contributed by atoms with Crippen LogP contribution in [0.25, 0.3) is 0 Å². The Morgan fingerprint density at radius 3 is 2.06 bits per heavy atom. The number of unbranched alkanes of at least 4 members (excludes halogenated alkanes) is 1. The standard InChI is InChI=1S/C26H49NO8/c1-8-12-14-33-22(30)20(9-2)16-26(7,24(32)34-15-13-27(10-3)11-4)19-25(5,6)23(31)35-18-21(29)17-28/h20-21,28-29H,8-19H2,1-7H3. The first kappa shape index (κ1) is 33.3. The summed E-state index contributed by atoms with van der Waals surface area (Å²) in [5.41, 5.74) is -2.25. The van der Waals surface area contributed by atoms with Crippen molar-refractivity contribution in [3.05, 3.63) is 0 Å². The van der Waals surface area contributed by atoms with Crippen LogP contribution < -0.4 is 0 Å². The average molecular weight is 504 g/mol. The number of hydrogen-bond donors (Lipinski definition) is 2. The summed E-state index contributed by atoms with van der Waals surface area (Å²) in [5.74, 6) is -1.95. The molecular weight excluding hydrogens is 454 g/mol. The number of carbonyl (C=O) groups excluding carboxylic acids is 3. The summed E-state index contributed by atoms with van der Waals surface area (Å²) in [7, 11) is 0. The van der Waals surface area contributed by atoms with E-state index in [2.05, 4.69) is 4.90 Å². The van der Waals surface area contributed by atoms with Gasteiger partial charge in [-0.2, -0.15) is 0 Å². The van der Waals surface area contributed by atoms with Gasteiger partial charge in [0.1, 0.15) is 19.3 Å². The molecule has 3 unspecified atom stereocenters. The lowest BCUT2D eigenvalue weighted by molar-refractivity contribution is -0.167. The molecule has 0 bridgehead atoms. The number of nitrogens with zero attached hydrogens (tertiary/aromatic N) is 1. The topological polar surface area (TPSA) is 123 Å². The largest absolute Gasteiger partial charge is 0.465 e. The molecule has 0 radical (unpaired) electrons. The van der Waals surface area contributed by atoms with Gasteiger partial charge in [0, 0.05) is 6.54 Å². The van der Waals surface area contributed by atoms with Crippen molar-refractivity contribution in [2.75, 3.05) is 46.1 Å². The zero-order valence-corrected chi connectivity index (χ0v) is 22.9. The van der Waals surface area contributed by atoms with Gasteiger partial charge in [0.2, 0.25) is 0 Å². The highest BCUT2D eigenvalue weighted by Gasteiger charge is 2.46. The van der Waals surface area contributed by atoms with Crippen molar-refractivity contribution in [1.82, 2.24) is 4.90 Å². The van der Waals surface area contributed by atoms with Crippen molar-refractivity contribution in [2.24, 2.45) is 16.7 Å². The Labute approximate surface area is 211 Å². The highest BCUT2D eigenvalue weighted by Crippen LogP contribution is 2.41. The van der Waals surface area contributed by atoms with E-state index < -0.39 is 41.4 Å². The summed E-state index contributed by atoms with van der Waals surface area (Å²) in [6, 6.07) is 0. The third-order valence-corrected chi connectivity index (χ3v) is 6.30. The monoisotopic (exact) mass is 503 g/mol. The first-order valence-corrected chi connectivity index (χ1v) is 12.9. The molecule has 0 rings (SSSR count). The van der Waals surface area contributed by atoms with Gasteiger partial charge in [-0.15, -0.1) is 0 Å². The fourth-order valence-corrected chi connectivity index (χ4v) is 4.05. The summed E-state index contributed by atoms with van der Waals surface area (Å²) in [6.45, 7) is 14.9. The molecule has 0 saturated carbocycles. The van der Waals surface area contributed by atoms with Crippen LogP contribution in [0.1, 0.15) is 80.6 Å². The fraction of sp³-hybridized carbons (Fsp3) is 0.885.